The van der Waals surface area contributed by atoms with Crippen molar-refractivity contribution in [3.05, 3.63) is 30.0 Å². The number of hydrogen-bond acceptors (Lipinski definition) is 2. The highest BCUT2D eigenvalue weighted by Crippen LogP contribution is 2.61. The fourth-order valence-electron chi connectivity index (χ4n) is 8.14. The van der Waals surface area contributed by atoms with E-state index in [0.29, 0.717) is 5.41 Å². The van der Waals surface area contributed by atoms with Gasteiger partial charge in [0.15, 0.2) is 0 Å². The van der Waals surface area contributed by atoms with E-state index in [1.807, 2.05) is 0 Å². The van der Waals surface area contributed by atoms with Crippen molar-refractivity contribution in [2.75, 3.05) is 19.6 Å². The van der Waals surface area contributed by atoms with Gasteiger partial charge in [0.1, 0.15) is 0 Å². The normalized spacial score (nSPS) is 33.5. The van der Waals surface area contributed by atoms with E-state index in [4.69, 9.17) is 5.10 Å². The molecule has 2 aromatic rings. The van der Waals surface area contributed by atoms with Gasteiger partial charge < -0.3 is 4.90 Å². The average molecular weight is 406 g/mol. The van der Waals surface area contributed by atoms with Gasteiger partial charge in [-0.15, -0.1) is 0 Å². The molecule has 1 aromatic carbocycles. The Morgan fingerprint density at radius 2 is 1.57 bits per heavy atom. The fourth-order valence-corrected chi connectivity index (χ4v) is 8.14. The van der Waals surface area contributed by atoms with Gasteiger partial charge in [-0.05, 0) is 119 Å². The number of para-hydroxylation sites is 1. The van der Waals surface area contributed by atoms with E-state index >= 15 is 0 Å². The molecule has 1 aromatic heterocycles. The number of piperidine rings is 1. The molecule has 0 amide bonds. The molecule has 4 aliphatic carbocycles. The number of fused-ring (bicyclic) bond motifs is 1. The lowest BCUT2D eigenvalue weighted by Gasteiger charge is -2.57. The Balaban J connectivity index is 1.14. The van der Waals surface area contributed by atoms with Crippen LogP contribution in [0.3, 0.4) is 0 Å². The average Bonchev–Trinajstić information content (AvgIpc) is 3.10. The second kappa shape index (κ2) is 7.97. The molecule has 3 heteroatoms. The summed E-state index contributed by atoms with van der Waals surface area (Å²) in [6, 6.07) is 9.00. The summed E-state index contributed by atoms with van der Waals surface area (Å²) in [5, 5.41) is 6.59. The molecule has 4 saturated carbocycles. The smallest absolute Gasteiger partial charge is 0.0703 e. The van der Waals surface area contributed by atoms with Crippen LogP contribution in [-0.4, -0.2) is 34.3 Å². The third-order valence-corrected chi connectivity index (χ3v) is 9.09. The Hall–Kier alpha value is -1.35. The molecular formula is C27H39N3. The monoisotopic (exact) mass is 405 g/mol. The van der Waals surface area contributed by atoms with Gasteiger partial charge in [0.05, 0.1) is 11.2 Å². The Morgan fingerprint density at radius 1 is 0.867 bits per heavy atom. The molecule has 3 nitrogen and oxygen atoms in total. The van der Waals surface area contributed by atoms with E-state index in [-0.39, 0.29) is 0 Å². The van der Waals surface area contributed by atoms with Crippen LogP contribution in [0, 0.1) is 23.2 Å². The van der Waals surface area contributed by atoms with Crippen LogP contribution in [0.4, 0.5) is 0 Å². The second-order valence-electron chi connectivity index (χ2n) is 11.4. The Bertz CT molecular complexity index is 840. The maximum atomic E-state index is 5.19. The molecule has 0 atom stereocenters. The lowest BCUT2D eigenvalue weighted by Crippen LogP contribution is -2.46. The van der Waals surface area contributed by atoms with Crippen LogP contribution in [0.25, 0.3) is 10.9 Å². The van der Waals surface area contributed by atoms with Crippen molar-refractivity contribution >= 4 is 10.9 Å². The largest absolute Gasteiger partial charge is 0.303 e. The number of rotatable bonds is 7. The lowest BCUT2D eigenvalue weighted by molar-refractivity contribution is -0.0594. The van der Waals surface area contributed by atoms with Crippen molar-refractivity contribution in [1.82, 2.24) is 14.7 Å². The number of likely N-dealkylation sites (tertiary alicyclic amines) is 1. The van der Waals surface area contributed by atoms with Gasteiger partial charge in [0.2, 0.25) is 0 Å². The molecule has 30 heavy (non-hydrogen) atoms. The number of aromatic nitrogens is 2. The fraction of sp³-hybridized carbons (Fsp3) is 0.741. The molecule has 4 bridgehead atoms. The van der Waals surface area contributed by atoms with Crippen LogP contribution in [0.15, 0.2) is 24.3 Å². The summed E-state index contributed by atoms with van der Waals surface area (Å²) in [5.41, 5.74) is 3.36. The summed E-state index contributed by atoms with van der Waals surface area (Å²) in [6.07, 6.45) is 17.1. The van der Waals surface area contributed by atoms with E-state index in [2.05, 4.69) is 33.8 Å². The molecule has 7 rings (SSSR count). The highest BCUT2D eigenvalue weighted by molar-refractivity contribution is 5.81. The van der Waals surface area contributed by atoms with Gasteiger partial charge in [-0.3, -0.25) is 4.68 Å². The number of hydrogen-bond donors (Lipinski definition) is 0. The van der Waals surface area contributed by atoms with Gasteiger partial charge >= 0.3 is 0 Å². The second-order valence-corrected chi connectivity index (χ2v) is 11.4. The highest BCUT2D eigenvalue weighted by atomic mass is 15.3. The van der Waals surface area contributed by atoms with Gasteiger partial charge in [-0.2, -0.15) is 5.10 Å². The van der Waals surface area contributed by atoms with Crippen LogP contribution < -0.4 is 0 Å². The van der Waals surface area contributed by atoms with Crippen molar-refractivity contribution in [2.24, 2.45) is 23.2 Å². The number of aryl methyl sites for hydroxylation is 2. The third-order valence-electron chi connectivity index (χ3n) is 9.09. The molecule has 0 N–H and O–H groups in total. The van der Waals surface area contributed by atoms with E-state index < -0.39 is 0 Å². The zero-order chi connectivity index (χ0) is 20.0. The van der Waals surface area contributed by atoms with Crippen LogP contribution in [0.2, 0.25) is 0 Å². The molecule has 162 valence electrons. The molecule has 5 fully saturated rings. The first kappa shape index (κ1) is 19.3. The first-order valence-corrected chi connectivity index (χ1v) is 12.9. The summed E-state index contributed by atoms with van der Waals surface area (Å²) in [5.74, 6) is 3.16. The van der Waals surface area contributed by atoms with E-state index in [0.717, 1.165) is 30.7 Å². The Labute approximate surface area is 182 Å². The Morgan fingerprint density at radius 3 is 2.30 bits per heavy atom. The predicted octanol–water partition coefficient (Wildman–Crippen LogP) is 6.06. The summed E-state index contributed by atoms with van der Waals surface area (Å²) in [6.45, 7) is 4.98. The SMILES string of the molecule is c1ccc2c(c1)c(CCCN1CCCCC1)nn2CCC12CC3CC(CC(C3)C1)C2. The Kier molecular flexibility index (Phi) is 5.14. The van der Waals surface area contributed by atoms with E-state index in [9.17, 15) is 0 Å². The molecular weight excluding hydrogens is 366 g/mol. The molecule has 0 spiro atoms. The van der Waals surface area contributed by atoms with E-state index in [1.54, 1.807) is 19.3 Å². The molecule has 2 heterocycles. The molecule has 1 saturated heterocycles. The van der Waals surface area contributed by atoms with Crippen molar-refractivity contribution in [3.8, 4) is 0 Å². The van der Waals surface area contributed by atoms with Crippen molar-refractivity contribution in [1.29, 1.82) is 0 Å². The van der Waals surface area contributed by atoms with Gasteiger partial charge in [-0.1, -0.05) is 24.6 Å². The maximum Gasteiger partial charge on any atom is 0.0703 e. The summed E-state index contributed by atoms with van der Waals surface area (Å²) in [7, 11) is 0. The minimum Gasteiger partial charge on any atom is -0.303 e. The quantitative estimate of drug-likeness (QED) is 0.558. The van der Waals surface area contributed by atoms with Crippen LogP contribution >= 0.6 is 0 Å². The number of benzene rings is 1. The molecule has 0 unspecified atom stereocenters. The van der Waals surface area contributed by atoms with Crippen molar-refractivity contribution < 1.29 is 0 Å². The van der Waals surface area contributed by atoms with Crippen LogP contribution in [0.1, 0.15) is 76.3 Å². The molecule has 1 aliphatic heterocycles. The van der Waals surface area contributed by atoms with E-state index in [1.165, 1.54) is 87.6 Å². The van der Waals surface area contributed by atoms with Crippen molar-refractivity contribution in [3.63, 3.8) is 0 Å². The maximum absolute atomic E-state index is 5.19. The lowest BCUT2D eigenvalue weighted by atomic mass is 9.49. The standard InChI is InChI=1S/C27H39N3/c1-4-11-29(12-5-1)13-6-8-25-24-7-2-3-9-26(24)30(28-25)14-10-27-18-21-15-22(19-27)17-23(16-21)20-27/h2-3,7,9,21-23H,1,4-6,8,10-20H2. The predicted molar refractivity (Wildman–Crippen MR) is 124 cm³/mol. The summed E-state index contributed by atoms with van der Waals surface area (Å²) in [4.78, 5) is 2.66. The first-order chi connectivity index (χ1) is 14.8. The topological polar surface area (TPSA) is 21.1 Å². The zero-order valence-electron chi connectivity index (χ0n) is 18.7. The zero-order valence-corrected chi connectivity index (χ0v) is 18.7. The van der Waals surface area contributed by atoms with Gasteiger partial charge in [-0.25, -0.2) is 0 Å². The highest BCUT2D eigenvalue weighted by Gasteiger charge is 2.50. The summed E-state index contributed by atoms with van der Waals surface area (Å²) < 4.78 is 2.38. The minimum absolute atomic E-state index is 0.649. The van der Waals surface area contributed by atoms with Gasteiger partial charge in [0, 0.05) is 11.9 Å². The third kappa shape index (κ3) is 3.72. The van der Waals surface area contributed by atoms with Crippen LogP contribution in [-0.2, 0) is 13.0 Å². The first-order valence-electron chi connectivity index (χ1n) is 12.9. The summed E-state index contributed by atoms with van der Waals surface area (Å²) >= 11 is 0. The van der Waals surface area contributed by atoms with Gasteiger partial charge in [0.25, 0.3) is 0 Å². The number of nitrogens with zero attached hydrogens (tertiary/aromatic N) is 3. The van der Waals surface area contributed by atoms with Crippen LogP contribution in [0.5, 0.6) is 0 Å². The minimum atomic E-state index is 0.649. The molecule has 0 radical (unpaired) electrons. The molecule has 5 aliphatic rings. The van der Waals surface area contributed by atoms with Crippen molar-refractivity contribution in [2.45, 2.75) is 83.6 Å².